The van der Waals surface area contributed by atoms with E-state index in [-0.39, 0.29) is 11.8 Å². The second-order valence-electron chi connectivity index (χ2n) is 11.2. The average molecular weight is 477 g/mol. The lowest BCUT2D eigenvalue weighted by molar-refractivity contribution is -0.116. The summed E-state index contributed by atoms with van der Waals surface area (Å²) in [5.41, 5.74) is 7.37. The highest BCUT2D eigenvalue weighted by Crippen LogP contribution is 2.41. The van der Waals surface area contributed by atoms with Gasteiger partial charge in [-0.25, -0.2) is 0 Å². The van der Waals surface area contributed by atoms with E-state index in [2.05, 4.69) is 63.3 Å². The van der Waals surface area contributed by atoms with Crippen LogP contribution < -0.4 is 5.32 Å². The topological polar surface area (TPSA) is 42.0 Å². The van der Waals surface area contributed by atoms with Crippen molar-refractivity contribution in [3.63, 3.8) is 0 Å². The highest BCUT2D eigenvalue weighted by atomic mass is 28.3. The van der Waals surface area contributed by atoms with Gasteiger partial charge in [-0.2, -0.15) is 0 Å². The van der Waals surface area contributed by atoms with Crippen molar-refractivity contribution >= 4 is 30.6 Å². The van der Waals surface area contributed by atoms with Gasteiger partial charge in [-0.3, -0.25) is 9.78 Å². The van der Waals surface area contributed by atoms with E-state index >= 15 is 0 Å². The van der Waals surface area contributed by atoms with Crippen molar-refractivity contribution < 1.29 is 4.79 Å². The summed E-state index contributed by atoms with van der Waals surface area (Å²) in [5, 5.41) is 4.20. The van der Waals surface area contributed by atoms with E-state index in [0.717, 1.165) is 23.0 Å². The zero-order valence-electron chi connectivity index (χ0n) is 22.2. The van der Waals surface area contributed by atoms with Crippen LogP contribution in [-0.4, -0.2) is 19.0 Å². The Kier molecular flexibility index (Phi) is 9.37. The normalized spacial score (nSPS) is 16.0. The van der Waals surface area contributed by atoms with E-state index in [9.17, 15) is 4.79 Å². The van der Waals surface area contributed by atoms with E-state index in [1.807, 2.05) is 30.3 Å². The Bertz CT molecular complexity index is 984. The number of amides is 1. The standard InChI is InChI=1S/C30H44N2OSi/c1-22(2)34(23(3)4,24(5)6)19-17-26(20-25-12-8-7-9-13-25)21-29(33)32-28-16-10-14-27-15-11-18-31-30(27)28/h10-11,14-16,18,22-26H,7-9,12-13,20-21H2,1-6H3,(H,32,33). The van der Waals surface area contributed by atoms with Gasteiger partial charge in [0.15, 0.2) is 0 Å². The number of benzene rings is 1. The summed E-state index contributed by atoms with van der Waals surface area (Å²) in [5.74, 6) is 4.62. The fourth-order valence-electron chi connectivity index (χ4n) is 6.31. The maximum absolute atomic E-state index is 13.2. The minimum Gasteiger partial charge on any atom is -0.324 e. The largest absolute Gasteiger partial charge is 0.324 e. The monoisotopic (exact) mass is 476 g/mol. The molecule has 3 rings (SSSR count). The van der Waals surface area contributed by atoms with Crippen molar-refractivity contribution in [1.29, 1.82) is 0 Å². The van der Waals surface area contributed by atoms with Crippen LogP contribution in [0.1, 0.15) is 86.5 Å². The van der Waals surface area contributed by atoms with Crippen LogP contribution in [0.4, 0.5) is 5.69 Å². The molecule has 1 unspecified atom stereocenters. The van der Waals surface area contributed by atoms with Crippen molar-refractivity contribution in [3.8, 4) is 11.5 Å². The first-order valence-corrected chi connectivity index (χ1v) is 15.6. The molecule has 1 aromatic carbocycles. The number of pyridine rings is 1. The zero-order chi connectivity index (χ0) is 24.7. The molecule has 3 nitrogen and oxygen atoms in total. The predicted octanol–water partition coefficient (Wildman–Crippen LogP) is 8.37. The Morgan fingerprint density at radius 1 is 1.00 bits per heavy atom. The van der Waals surface area contributed by atoms with Crippen LogP contribution in [0.25, 0.3) is 10.9 Å². The number of carbonyl (C=O) groups is 1. The molecular weight excluding hydrogens is 432 g/mol. The molecule has 1 saturated carbocycles. The van der Waals surface area contributed by atoms with Crippen LogP contribution in [-0.2, 0) is 4.79 Å². The number of nitrogens with one attached hydrogen (secondary N) is 1. The smallest absolute Gasteiger partial charge is 0.225 e. The number of carbonyl (C=O) groups excluding carboxylic acids is 1. The van der Waals surface area contributed by atoms with Crippen molar-refractivity contribution in [2.24, 2.45) is 11.8 Å². The number of rotatable bonds is 8. The summed E-state index contributed by atoms with van der Waals surface area (Å²) in [7, 11) is -1.82. The molecule has 1 amide bonds. The molecule has 4 heteroatoms. The molecule has 34 heavy (non-hydrogen) atoms. The van der Waals surface area contributed by atoms with E-state index in [0.29, 0.717) is 29.0 Å². The number of nitrogens with zero attached hydrogens (tertiary/aromatic N) is 1. The molecule has 1 aliphatic rings. The summed E-state index contributed by atoms with van der Waals surface area (Å²) in [6, 6.07) is 9.92. The lowest BCUT2D eigenvalue weighted by Gasteiger charge is -2.38. The third-order valence-electron chi connectivity index (χ3n) is 8.04. The van der Waals surface area contributed by atoms with Gasteiger partial charge in [0, 0.05) is 23.9 Å². The first-order chi connectivity index (χ1) is 16.2. The molecular formula is C30H44N2OSi. The van der Waals surface area contributed by atoms with E-state index in [4.69, 9.17) is 0 Å². The highest BCUT2D eigenvalue weighted by Gasteiger charge is 2.41. The lowest BCUT2D eigenvalue weighted by atomic mass is 9.82. The van der Waals surface area contributed by atoms with Crippen LogP contribution in [0.2, 0.25) is 16.6 Å². The Morgan fingerprint density at radius 2 is 1.65 bits per heavy atom. The summed E-state index contributed by atoms with van der Waals surface area (Å²) >= 11 is 0. The number of hydrogen-bond donors (Lipinski definition) is 1. The number of hydrogen-bond acceptors (Lipinski definition) is 2. The van der Waals surface area contributed by atoms with Gasteiger partial charge in [0.25, 0.3) is 0 Å². The van der Waals surface area contributed by atoms with Gasteiger partial charge >= 0.3 is 0 Å². The van der Waals surface area contributed by atoms with E-state index < -0.39 is 8.07 Å². The van der Waals surface area contributed by atoms with Crippen molar-refractivity contribution in [2.45, 2.75) is 103 Å². The SMILES string of the molecule is CC(C)[Si](C#CC(CC(=O)Nc1cccc2cccnc12)CC1CCCCC1)(C(C)C)C(C)C. The van der Waals surface area contributed by atoms with Crippen molar-refractivity contribution in [1.82, 2.24) is 4.98 Å². The fourth-order valence-corrected chi connectivity index (χ4v) is 11.6. The first kappa shape index (κ1) is 26.5. The second-order valence-corrected chi connectivity index (χ2v) is 16.8. The molecule has 0 radical (unpaired) electrons. The predicted molar refractivity (Wildman–Crippen MR) is 148 cm³/mol. The Labute approximate surface area is 208 Å². The molecule has 2 aromatic rings. The summed E-state index contributed by atoms with van der Waals surface area (Å²) < 4.78 is 0. The van der Waals surface area contributed by atoms with Crippen LogP contribution in [0.15, 0.2) is 36.5 Å². The minimum absolute atomic E-state index is 0.0548. The number of aromatic nitrogens is 1. The molecule has 0 bridgehead atoms. The second kappa shape index (κ2) is 12.0. The Hall–Kier alpha value is -2.12. The van der Waals surface area contributed by atoms with Gasteiger partial charge in [0.1, 0.15) is 8.07 Å². The van der Waals surface area contributed by atoms with Gasteiger partial charge in [-0.1, -0.05) is 91.8 Å². The highest BCUT2D eigenvalue weighted by molar-refractivity contribution is 6.90. The van der Waals surface area contributed by atoms with Crippen molar-refractivity contribution in [2.75, 3.05) is 5.32 Å². The molecule has 1 heterocycles. The molecule has 1 N–H and O–H groups in total. The first-order valence-electron chi connectivity index (χ1n) is 13.4. The van der Waals surface area contributed by atoms with Gasteiger partial charge in [0.2, 0.25) is 5.91 Å². The van der Waals surface area contributed by atoms with Crippen LogP contribution in [0, 0.1) is 23.3 Å². The van der Waals surface area contributed by atoms with Gasteiger partial charge in [-0.05, 0) is 41.1 Å². The molecule has 1 aliphatic carbocycles. The van der Waals surface area contributed by atoms with Crippen molar-refractivity contribution in [3.05, 3.63) is 36.5 Å². The Balaban J connectivity index is 1.84. The molecule has 1 atom stereocenters. The molecule has 1 aromatic heterocycles. The fraction of sp³-hybridized carbons (Fsp3) is 0.600. The molecule has 184 valence electrons. The summed E-state index contributed by atoms with van der Waals surface area (Å²) in [6.07, 6.45) is 9.86. The summed E-state index contributed by atoms with van der Waals surface area (Å²) in [4.78, 5) is 17.7. The lowest BCUT2D eigenvalue weighted by Crippen LogP contribution is -2.43. The van der Waals surface area contributed by atoms with Gasteiger partial charge < -0.3 is 5.32 Å². The quantitative estimate of drug-likeness (QED) is 0.307. The molecule has 0 saturated heterocycles. The summed E-state index contributed by atoms with van der Waals surface area (Å²) in [6.45, 7) is 14.2. The number of fused-ring (bicyclic) bond motifs is 1. The van der Waals surface area contributed by atoms with Crippen LogP contribution in [0.5, 0.6) is 0 Å². The van der Waals surface area contributed by atoms with Crippen LogP contribution >= 0.6 is 0 Å². The Morgan fingerprint density at radius 3 is 2.29 bits per heavy atom. The minimum atomic E-state index is -1.82. The zero-order valence-corrected chi connectivity index (χ0v) is 23.2. The van der Waals surface area contributed by atoms with E-state index in [1.54, 1.807) is 6.20 Å². The maximum atomic E-state index is 13.2. The molecule has 0 spiro atoms. The number of anilines is 1. The third kappa shape index (κ3) is 6.30. The van der Waals surface area contributed by atoms with E-state index in [1.165, 1.54) is 32.1 Å². The third-order valence-corrected chi connectivity index (χ3v) is 14.3. The van der Waals surface area contributed by atoms with Gasteiger partial charge in [-0.15, -0.1) is 11.5 Å². The molecule has 1 fully saturated rings. The van der Waals surface area contributed by atoms with Gasteiger partial charge in [0.05, 0.1) is 11.2 Å². The maximum Gasteiger partial charge on any atom is 0.225 e. The molecule has 0 aliphatic heterocycles. The number of para-hydroxylation sites is 1. The average Bonchev–Trinajstić information content (AvgIpc) is 2.79. The van der Waals surface area contributed by atoms with Crippen LogP contribution in [0.3, 0.4) is 0 Å².